The quantitative estimate of drug-likeness (QED) is 0.810. The summed E-state index contributed by atoms with van der Waals surface area (Å²) in [4.78, 5) is -0.333. The standard InChI is InChI=1S/C10H8ClF2NO2S/c11-17(15,16)9-6-14(5-4-12)8-3-1-2-7(13)10(8)9/h1-3,6H,4-5H2. The zero-order valence-corrected chi connectivity index (χ0v) is 10.1. The first-order valence-corrected chi connectivity index (χ1v) is 7.04. The number of aromatic nitrogens is 1. The number of halogens is 3. The largest absolute Gasteiger partial charge is 0.343 e. The van der Waals surface area contributed by atoms with E-state index in [1.54, 1.807) is 0 Å². The van der Waals surface area contributed by atoms with Crippen molar-refractivity contribution in [3.05, 3.63) is 30.2 Å². The fraction of sp³-hybridized carbons (Fsp3) is 0.200. The van der Waals surface area contributed by atoms with Gasteiger partial charge < -0.3 is 4.57 Å². The maximum absolute atomic E-state index is 13.6. The molecule has 0 unspecified atom stereocenters. The van der Waals surface area contributed by atoms with Crippen molar-refractivity contribution >= 4 is 30.6 Å². The molecular weight excluding hydrogens is 272 g/mol. The molecule has 0 amide bonds. The molecule has 0 aliphatic rings. The lowest BCUT2D eigenvalue weighted by Gasteiger charge is -2.00. The summed E-state index contributed by atoms with van der Waals surface area (Å²) in [7, 11) is 1.16. The molecule has 0 spiro atoms. The van der Waals surface area contributed by atoms with Crippen molar-refractivity contribution in [1.29, 1.82) is 0 Å². The Morgan fingerprint density at radius 1 is 1.35 bits per heavy atom. The summed E-state index contributed by atoms with van der Waals surface area (Å²) >= 11 is 0. The molecule has 1 heterocycles. The smallest absolute Gasteiger partial charge is 0.263 e. The van der Waals surface area contributed by atoms with Gasteiger partial charge >= 0.3 is 0 Å². The van der Waals surface area contributed by atoms with Crippen molar-refractivity contribution in [1.82, 2.24) is 4.57 Å². The molecule has 17 heavy (non-hydrogen) atoms. The summed E-state index contributed by atoms with van der Waals surface area (Å²) in [6, 6.07) is 4.07. The highest BCUT2D eigenvalue weighted by atomic mass is 35.7. The third-order valence-electron chi connectivity index (χ3n) is 2.41. The summed E-state index contributed by atoms with van der Waals surface area (Å²) in [6.07, 6.45) is 1.15. The lowest BCUT2D eigenvalue weighted by molar-refractivity contribution is 0.450. The van der Waals surface area contributed by atoms with Crippen LogP contribution < -0.4 is 0 Å². The highest BCUT2D eigenvalue weighted by Gasteiger charge is 2.21. The van der Waals surface area contributed by atoms with Crippen molar-refractivity contribution < 1.29 is 17.2 Å². The molecule has 0 saturated carbocycles. The number of fused-ring (bicyclic) bond motifs is 1. The van der Waals surface area contributed by atoms with Crippen LogP contribution in [0.3, 0.4) is 0 Å². The summed E-state index contributed by atoms with van der Waals surface area (Å²) < 4.78 is 49.9. The first-order valence-electron chi connectivity index (χ1n) is 4.73. The van der Waals surface area contributed by atoms with Gasteiger partial charge in [-0.15, -0.1) is 0 Å². The van der Waals surface area contributed by atoms with Crippen LogP contribution in [-0.4, -0.2) is 19.7 Å². The van der Waals surface area contributed by atoms with E-state index in [-0.39, 0.29) is 16.8 Å². The van der Waals surface area contributed by atoms with E-state index in [9.17, 15) is 17.2 Å². The van der Waals surface area contributed by atoms with E-state index in [0.717, 1.165) is 12.3 Å². The molecule has 0 fully saturated rings. The van der Waals surface area contributed by atoms with Gasteiger partial charge in [-0.1, -0.05) is 6.07 Å². The molecule has 0 radical (unpaired) electrons. The van der Waals surface area contributed by atoms with E-state index >= 15 is 0 Å². The topological polar surface area (TPSA) is 39.1 Å². The first kappa shape index (κ1) is 12.3. The summed E-state index contributed by atoms with van der Waals surface area (Å²) in [5, 5.41) is -0.101. The number of hydrogen-bond donors (Lipinski definition) is 0. The predicted octanol–water partition coefficient (Wildman–Crippen LogP) is 2.68. The van der Waals surface area contributed by atoms with Gasteiger partial charge in [-0.05, 0) is 12.1 Å². The number of aryl methyl sites for hydroxylation is 1. The van der Waals surface area contributed by atoms with Crippen LogP contribution in [0.25, 0.3) is 10.9 Å². The molecule has 2 rings (SSSR count). The highest BCUT2D eigenvalue weighted by Crippen LogP contribution is 2.30. The molecule has 7 heteroatoms. The Bertz CT molecular complexity index is 666. The van der Waals surface area contributed by atoms with Crippen LogP contribution in [-0.2, 0) is 15.6 Å². The summed E-state index contributed by atoms with van der Waals surface area (Å²) in [6.45, 7) is -0.728. The van der Waals surface area contributed by atoms with Crippen LogP contribution in [0.4, 0.5) is 8.78 Å². The predicted molar refractivity (Wildman–Crippen MR) is 60.9 cm³/mol. The van der Waals surface area contributed by atoms with Crippen LogP contribution in [0.5, 0.6) is 0 Å². The van der Waals surface area contributed by atoms with E-state index in [0.29, 0.717) is 5.52 Å². The van der Waals surface area contributed by atoms with E-state index in [1.807, 2.05) is 0 Å². The molecule has 1 aromatic heterocycles. The first-order chi connectivity index (χ1) is 7.95. The second kappa shape index (κ2) is 4.27. The minimum atomic E-state index is -4.06. The second-order valence-electron chi connectivity index (χ2n) is 3.45. The molecule has 2 aromatic rings. The number of hydrogen-bond acceptors (Lipinski definition) is 2. The van der Waals surface area contributed by atoms with Gasteiger partial charge in [-0.3, -0.25) is 0 Å². The molecule has 3 nitrogen and oxygen atoms in total. The molecule has 0 atom stereocenters. The normalized spacial score (nSPS) is 12.2. The fourth-order valence-electron chi connectivity index (χ4n) is 1.73. The Kier molecular flexibility index (Phi) is 3.09. The number of alkyl halides is 1. The van der Waals surface area contributed by atoms with Gasteiger partial charge in [0.2, 0.25) is 0 Å². The zero-order chi connectivity index (χ0) is 12.6. The molecular formula is C10H8ClF2NO2S. The third-order valence-corrected chi connectivity index (χ3v) is 3.74. The van der Waals surface area contributed by atoms with Crippen LogP contribution >= 0.6 is 10.7 Å². The Morgan fingerprint density at radius 3 is 2.65 bits per heavy atom. The van der Waals surface area contributed by atoms with Gasteiger partial charge in [-0.2, -0.15) is 0 Å². The van der Waals surface area contributed by atoms with Crippen molar-refractivity contribution in [3.8, 4) is 0 Å². The minimum Gasteiger partial charge on any atom is -0.343 e. The van der Waals surface area contributed by atoms with Gasteiger partial charge in [0, 0.05) is 16.9 Å². The van der Waals surface area contributed by atoms with Gasteiger partial charge in [-0.25, -0.2) is 17.2 Å². The maximum atomic E-state index is 13.6. The van der Waals surface area contributed by atoms with E-state index in [2.05, 4.69) is 0 Å². The van der Waals surface area contributed by atoms with Crippen LogP contribution in [0.15, 0.2) is 29.3 Å². The molecule has 92 valence electrons. The zero-order valence-electron chi connectivity index (χ0n) is 8.53. The minimum absolute atomic E-state index is 0.0492. The molecule has 0 aliphatic carbocycles. The average Bonchev–Trinajstić information content (AvgIpc) is 2.59. The Morgan fingerprint density at radius 2 is 2.06 bits per heavy atom. The molecule has 0 aliphatic heterocycles. The third kappa shape index (κ3) is 2.14. The van der Waals surface area contributed by atoms with Gasteiger partial charge in [0.25, 0.3) is 9.05 Å². The molecule has 1 aromatic carbocycles. The van der Waals surface area contributed by atoms with E-state index in [4.69, 9.17) is 10.7 Å². The molecule has 0 saturated heterocycles. The number of benzene rings is 1. The Hall–Kier alpha value is -1.14. The summed E-state index contributed by atoms with van der Waals surface area (Å²) in [5.41, 5.74) is 0.307. The Balaban J connectivity index is 2.86. The van der Waals surface area contributed by atoms with Gasteiger partial charge in [0.05, 0.1) is 17.4 Å². The van der Waals surface area contributed by atoms with Gasteiger partial charge in [0.1, 0.15) is 17.4 Å². The SMILES string of the molecule is O=S(=O)(Cl)c1cn(CCF)c2cccc(F)c12. The number of rotatable bonds is 3. The highest BCUT2D eigenvalue weighted by molar-refractivity contribution is 8.14. The van der Waals surface area contributed by atoms with Crippen molar-refractivity contribution in [2.45, 2.75) is 11.4 Å². The fourth-order valence-corrected chi connectivity index (χ4v) is 2.78. The monoisotopic (exact) mass is 279 g/mol. The van der Waals surface area contributed by atoms with Crippen LogP contribution in [0.1, 0.15) is 0 Å². The van der Waals surface area contributed by atoms with Crippen LogP contribution in [0.2, 0.25) is 0 Å². The Labute approximate surface area is 101 Å². The van der Waals surface area contributed by atoms with Crippen molar-refractivity contribution in [2.75, 3.05) is 6.67 Å². The second-order valence-corrected chi connectivity index (χ2v) is 5.98. The van der Waals surface area contributed by atoms with Crippen molar-refractivity contribution in [2.24, 2.45) is 0 Å². The maximum Gasteiger partial charge on any atom is 0.263 e. The number of nitrogens with zero attached hydrogens (tertiary/aromatic N) is 1. The van der Waals surface area contributed by atoms with E-state index in [1.165, 1.54) is 16.7 Å². The average molecular weight is 280 g/mol. The van der Waals surface area contributed by atoms with Crippen molar-refractivity contribution in [3.63, 3.8) is 0 Å². The molecule has 0 bridgehead atoms. The van der Waals surface area contributed by atoms with E-state index < -0.39 is 21.5 Å². The van der Waals surface area contributed by atoms with Gasteiger partial charge in [0.15, 0.2) is 0 Å². The lowest BCUT2D eigenvalue weighted by Crippen LogP contribution is -1.97. The lowest BCUT2D eigenvalue weighted by atomic mass is 10.2. The van der Waals surface area contributed by atoms with Crippen LogP contribution in [0, 0.1) is 5.82 Å². The molecule has 0 N–H and O–H groups in total. The summed E-state index contributed by atoms with van der Waals surface area (Å²) in [5.74, 6) is -0.695.